The Morgan fingerprint density at radius 3 is 2.24 bits per heavy atom. The molecule has 2 rings (SSSR count). The van der Waals surface area contributed by atoms with Crippen molar-refractivity contribution in [2.24, 2.45) is 10.2 Å². The molecule has 0 saturated heterocycles. The number of amides is 1. The van der Waals surface area contributed by atoms with Gasteiger partial charge in [0.25, 0.3) is 5.91 Å². The molecule has 1 atom stereocenters. The lowest BCUT2D eigenvalue weighted by Gasteiger charge is -2.16. The molecule has 1 amide bonds. The number of carbonyl (C=O) groups excluding carboxylic acids is 2. The summed E-state index contributed by atoms with van der Waals surface area (Å²) in [4.78, 5) is 25.1. The number of nitrogens with zero attached hydrogens (tertiary/aromatic N) is 2. The van der Waals surface area contributed by atoms with Crippen LogP contribution in [-0.2, 0) is 9.59 Å². The van der Waals surface area contributed by atoms with E-state index in [0.29, 0.717) is 30.5 Å². The van der Waals surface area contributed by atoms with Crippen molar-refractivity contribution < 1.29 is 28.5 Å². The number of halogens is 2. The second kappa shape index (κ2) is 12.3. The summed E-state index contributed by atoms with van der Waals surface area (Å²) in [5.41, 5.74) is 0.450. The van der Waals surface area contributed by atoms with Crippen molar-refractivity contribution in [3.8, 4) is 23.0 Å². The Kier molecular flexibility index (Phi) is 9.74. The number of hydrogen-bond acceptors (Lipinski definition) is 8. The maximum Gasteiger partial charge on any atom is 0.259 e. The number of hydrogen-bond donors (Lipinski definition) is 1. The van der Waals surface area contributed by atoms with Crippen molar-refractivity contribution in [3.05, 3.63) is 34.3 Å². The Balaban J connectivity index is 2.37. The van der Waals surface area contributed by atoms with Gasteiger partial charge in [-0.15, -0.1) is 0 Å². The Bertz CT molecular complexity index is 1050. The summed E-state index contributed by atoms with van der Waals surface area (Å²) >= 11 is 12.4. The lowest BCUT2D eigenvalue weighted by molar-refractivity contribution is -0.126. The van der Waals surface area contributed by atoms with Crippen LogP contribution in [-0.4, -0.2) is 45.2 Å². The van der Waals surface area contributed by atoms with Gasteiger partial charge >= 0.3 is 0 Å². The van der Waals surface area contributed by atoms with Gasteiger partial charge in [0, 0.05) is 6.07 Å². The van der Waals surface area contributed by atoms with Crippen molar-refractivity contribution in [1.29, 1.82) is 0 Å². The van der Waals surface area contributed by atoms with E-state index in [2.05, 4.69) is 15.5 Å². The SMILES string of the molecule is CCOc1cc(N=NC(C(C)=O)C(=O)Nc2c(OC)ccc(Cl)c2OC)cc(Cl)c1OCC. The van der Waals surface area contributed by atoms with Gasteiger partial charge in [-0.3, -0.25) is 9.59 Å². The summed E-state index contributed by atoms with van der Waals surface area (Å²) in [6.07, 6.45) is 0. The van der Waals surface area contributed by atoms with Crippen molar-refractivity contribution in [3.63, 3.8) is 0 Å². The molecule has 0 aliphatic heterocycles. The molecule has 0 aromatic heterocycles. The van der Waals surface area contributed by atoms with E-state index in [1.54, 1.807) is 18.2 Å². The number of ketones is 1. The standard InChI is InChI=1S/C22H25Cl2N3O6/c1-6-32-17-11-13(10-15(24)20(17)33-7-2)26-27-18(12(3)28)22(29)25-19-16(30-4)9-8-14(23)21(19)31-5/h8-11,18H,6-7H2,1-5H3,(H,25,29). The van der Waals surface area contributed by atoms with Crippen LogP contribution in [0.3, 0.4) is 0 Å². The Labute approximate surface area is 202 Å². The highest BCUT2D eigenvalue weighted by molar-refractivity contribution is 6.33. The molecule has 11 heteroatoms. The Morgan fingerprint density at radius 2 is 1.67 bits per heavy atom. The number of azo groups is 1. The van der Waals surface area contributed by atoms with Crippen LogP contribution in [0.1, 0.15) is 20.8 Å². The first-order valence-corrected chi connectivity index (χ1v) is 10.7. The number of methoxy groups -OCH3 is 2. The third-order valence-electron chi connectivity index (χ3n) is 4.25. The number of benzene rings is 2. The predicted molar refractivity (Wildman–Crippen MR) is 126 cm³/mol. The fourth-order valence-electron chi connectivity index (χ4n) is 2.82. The predicted octanol–water partition coefficient (Wildman–Crippen LogP) is 5.49. The van der Waals surface area contributed by atoms with E-state index in [1.807, 2.05) is 13.8 Å². The van der Waals surface area contributed by atoms with Crippen molar-refractivity contribution in [2.75, 3.05) is 32.8 Å². The molecule has 178 valence electrons. The van der Waals surface area contributed by atoms with Crippen LogP contribution in [0.15, 0.2) is 34.5 Å². The highest BCUT2D eigenvalue weighted by atomic mass is 35.5. The van der Waals surface area contributed by atoms with Gasteiger partial charge in [-0.1, -0.05) is 23.2 Å². The van der Waals surface area contributed by atoms with Crippen LogP contribution in [0.25, 0.3) is 0 Å². The highest BCUT2D eigenvalue weighted by Gasteiger charge is 2.26. The second-order valence-electron chi connectivity index (χ2n) is 6.50. The maximum absolute atomic E-state index is 12.9. The number of anilines is 1. The summed E-state index contributed by atoms with van der Waals surface area (Å²) in [6, 6.07) is 4.72. The zero-order valence-electron chi connectivity index (χ0n) is 18.9. The Hall–Kier alpha value is -3.04. The first-order valence-electron chi connectivity index (χ1n) is 9.99. The molecule has 0 aliphatic carbocycles. The van der Waals surface area contributed by atoms with Gasteiger partial charge in [-0.25, -0.2) is 0 Å². The molecule has 1 unspecified atom stereocenters. The lowest BCUT2D eigenvalue weighted by Crippen LogP contribution is -2.32. The van der Waals surface area contributed by atoms with E-state index in [1.165, 1.54) is 27.2 Å². The van der Waals surface area contributed by atoms with Crippen LogP contribution < -0.4 is 24.3 Å². The van der Waals surface area contributed by atoms with E-state index >= 15 is 0 Å². The Morgan fingerprint density at radius 1 is 0.970 bits per heavy atom. The summed E-state index contributed by atoms with van der Waals surface area (Å²) in [5.74, 6) is -0.0452. The summed E-state index contributed by atoms with van der Waals surface area (Å²) < 4.78 is 21.6. The molecule has 0 saturated carbocycles. The van der Waals surface area contributed by atoms with Gasteiger partial charge in [-0.2, -0.15) is 10.2 Å². The largest absolute Gasteiger partial charge is 0.494 e. The van der Waals surface area contributed by atoms with Crippen molar-refractivity contribution in [1.82, 2.24) is 0 Å². The van der Waals surface area contributed by atoms with E-state index in [9.17, 15) is 9.59 Å². The zero-order valence-corrected chi connectivity index (χ0v) is 20.4. The van der Waals surface area contributed by atoms with E-state index < -0.39 is 17.7 Å². The van der Waals surface area contributed by atoms with Crippen LogP contribution in [0.5, 0.6) is 23.0 Å². The molecule has 0 bridgehead atoms. The summed E-state index contributed by atoms with van der Waals surface area (Å²) in [7, 11) is 2.82. The molecule has 0 aliphatic rings. The molecule has 0 spiro atoms. The third kappa shape index (κ3) is 6.49. The van der Waals surface area contributed by atoms with Gasteiger partial charge in [-0.05, 0) is 39.0 Å². The van der Waals surface area contributed by atoms with Crippen LogP contribution >= 0.6 is 23.2 Å². The smallest absolute Gasteiger partial charge is 0.259 e. The molecule has 2 aromatic rings. The maximum atomic E-state index is 12.9. The van der Waals surface area contributed by atoms with E-state index in [-0.39, 0.29) is 27.2 Å². The normalized spacial score (nSPS) is 11.7. The molecule has 0 fully saturated rings. The first kappa shape index (κ1) is 26.2. The molecule has 0 heterocycles. The molecular weight excluding hydrogens is 473 g/mol. The molecular formula is C22H25Cl2N3O6. The second-order valence-corrected chi connectivity index (χ2v) is 7.31. The van der Waals surface area contributed by atoms with E-state index in [0.717, 1.165) is 0 Å². The highest BCUT2D eigenvalue weighted by Crippen LogP contribution is 2.41. The average Bonchev–Trinajstić information content (AvgIpc) is 2.76. The van der Waals surface area contributed by atoms with Gasteiger partial charge in [0.15, 0.2) is 23.0 Å². The molecule has 9 nitrogen and oxygen atoms in total. The van der Waals surface area contributed by atoms with Crippen molar-refractivity contribution >= 4 is 46.3 Å². The van der Waals surface area contributed by atoms with Gasteiger partial charge < -0.3 is 24.3 Å². The first-order chi connectivity index (χ1) is 15.8. The number of carbonyl (C=O) groups is 2. The fraction of sp³-hybridized carbons (Fsp3) is 0.364. The van der Waals surface area contributed by atoms with E-state index in [4.69, 9.17) is 42.1 Å². The summed E-state index contributed by atoms with van der Waals surface area (Å²) in [6.45, 7) is 5.63. The number of Topliss-reactive ketones (excluding diaryl/α,β-unsaturated/α-hetero) is 1. The number of nitrogens with one attached hydrogen (secondary N) is 1. The minimum absolute atomic E-state index is 0.168. The zero-order chi connectivity index (χ0) is 24.5. The molecule has 0 radical (unpaired) electrons. The monoisotopic (exact) mass is 497 g/mol. The number of ether oxygens (including phenoxy) is 4. The molecule has 2 aromatic carbocycles. The van der Waals surface area contributed by atoms with Crippen molar-refractivity contribution in [2.45, 2.75) is 26.8 Å². The number of rotatable bonds is 11. The minimum atomic E-state index is -1.45. The van der Waals surface area contributed by atoms with Crippen LogP contribution in [0.2, 0.25) is 10.0 Å². The lowest BCUT2D eigenvalue weighted by atomic mass is 10.2. The van der Waals surface area contributed by atoms with Gasteiger partial charge in [0.05, 0.1) is 43.2 Å². The fourth-order valence-corrected chi connectivity index (χ4v) is 3.32. The molecule has 1 N–H and O–H groups in total. The minimum Gasteiger partial charge on any atom is -0.494 e. The van der Waals surface area contributed by atoms with Gasteiger partial charge in [0.1, 0.15) is 11.4 Å². The molecule has 33 heavy (non-hydrogen) atoms. The topological polar surface area (TPSA) is 108 Å². The van der Waals surface area contributed by atoms with Crippen LogP contribution in [0.4, 0.5) is 11.4 Å². The van der Waals surface area contributed by atoms with Gasteiger partial charge in [0.2, 0.25) is 6.04 Å². The summed E-state index contributed by atoms with van der Waals surface area (Å²) in [5, 5.41) is 11.1. The van der Waals surface area contributed by atoms with Crippen LogP contribution in [0, 0.1) is 0 Å². The third-order valence-corrected chi connectivity index (χ3v) is 4.83. The quantitative estimate of drug-likeness (QED) is 0.324. The average molecular weight is 498 g/mol.